The summed E-state index contributed by atoms with van der Waals surface area (Å²) in [6.45, 7) is 11.2. The maximum atomic E-state index is 5.38. The van der Waals surface area contributed by atoms with Gasteiger partial charge in [-0.25, -0.2) is 0 Å². The molecule has 0 aliphatic heterocycles. The van der Waals surface area contributed by atoms with Crippen molar-refractivity contribution in [2.45, 2.75) is 0 Å². The molecule has 0 aromatic carbocycles. The van der Waals surface area contributed by atoms with Gasteiger partial charge in [-0.1, -0.05) is 6.58 Å². The Morgan fingerprint density at radius 3 is 1.04 bits per heavy atom. The molecule has 0 aliphatic rings. The molecule has 0 N–H and O–H groups in total. The molecule has 150 valence electrons. The maximum Gasteiger partial charge on any atom is 0.111 e. The SMILES string of the molecule is C=COCCOCCOCCOCCOCCOCCOCCOC. The van der Waals surface area contributed by atoms with Crippen molar-refractivity contribution in [1.29, 1.82) is 0 Å². The van der Waals surface area contributed by atoms with E-state index < -0.39 is 0 Å². The minimum absolute atomic E-state index is 0.514. The van der Waals surface area contributed by atoms with Crippen LogP contribution in [0.2, 0.25) is 0 Å². The second-order valence-electron chi connectivity index (χ2n) is 4.70. The van der Waals surface area contributed by atoms with Crippen molar-refractivity contribution in [2.24, 2.45) is 0 Å². The summed E-state index contributed by atoms with van der Waals surface area (Å²) in [6, 6.07) is 0. The van der Waals surface area contributed by atoms with Crippen LogP contribution in [0.1, 0.15) is 0 Å². The van der Waals surface area contributed by atoms with Gasteiger partial charge in [-0.3, -0.25) is 0 Å². The highest BCUT2D eigenvalue weighted by Gasteiger charge is 1.94. The van der Waals surface area contributed by atoms with Crippen LogP contribution in [0.4, 0.5) is 0 Å². The van der Waals surface area contributed by atoms with Crippen LogP contribution in [0.5, 0.6) is 0 Å². The molecule has 0 atom stereocenters. The van der Waals surface area contributed by atoms with E-state index in [2.05, 4.69) is 6.58 Å². The van der Waals surface area contributed by atoms with Crippen molar-refractivity contribution < 1.29 is 37.9 Å². The molecular weight excluding hydrogens is 332 g/mol. The molecule has 8 heteroatoms. The van der Waals surface area contributed by atoms with E-state index in [1.54, 1.807) is 7.11 Å². The van der Waals surface area contributed by atoms with E-state index in [0.29, 0.717) is 92.5 Å². The lowest BCUT2D eigenvalue weighted by Gasteiger charge is -2.08. The Bertz CT molecular complexity index is 253. The molecule has 0 bridgehead atoms. The lowest BCUT2D eigenvalue weighted by molar-refractivity contribution is -0.0204. The van der Waals surface area contributed by atoms with Crippen LogP contribution in [0.3, 0.4) is 0 Å². The number of ether oxygens (including phenoxy) is 8. The molecule has 0 aromatic heterocycles. The summed E-state index contributed by atoms with van der Waals surface area (Å²) in [6.07, 6.45) is 1.40. The zero-order valence-corrected chi connectivity index (χ0v) is 15.4. The Labute approximate surface area is 151 Å². The van der Waals surface area contributed by atoms with E-state index in [9.17, 15) is 0 Å². The fourth-order valence-electron chi connectivity index (χ4n) is 1.53. The first kappa shape index (κ1) is 24.3. The van der Waals surface area contributed by atoms with Crippen LogP contribution < -0.4 is 0 Å². The molecule has 0 fully saturated rings. The smallest absolute Gasteiger partial charge is 0.111 e. The lowest BCUT2D eigenvalue weighted by atomic mass is 10.6. The number of methoxy groups -OCH3 is 1. The van der Waals surface area contributed by atoms with E-state index in [1.165, 1.54) is 6.26 Å². The second kappa shape index (κ2) is 23.3. The normalized spacial score (nSPS) is 10.9. The molecule has 0 amide bonds. The summed E-state index contributed by atoms with van der Waals surface area (Å²) in [4.78, 5) is 0. The Hall–Kier alpha value is -0.740. The summed E-state index contributed by atoms with van der Waals surface area (Å²) >= 11 is 0. The third-order valence-electron chi connectivity index (χ3n) is 2.76. The molecule has 0 saturated carbocycles. The van der Waals surface area contributed by atoms with Crippen molar-refractivity contribution in [2.75, 3.05) is 99.6 Å². The molecule has 0 heterocycles. The number of rotatable bonds is 22. The maximum absolute atomic E-state index is 5.38. The highest BCUT2D eigenvalue weighted by molar-refractivity contribution is 4.47. The Morgan fingerprint density at radius 2 is 0.760 bits per heavy atom. The summed E-state index contributed by atoms with van der Waals surface area (Å²) in [7, 11) is 1.65. The number of hydrogen-bond donors (Lipinski definition) is 0. The van der Waals surface area contributed by atoms with Crippen LogP contribution in [0, 0.1) is 0 Å². The van der Waals surface area contributed by atoms with Crippen molar-refractivity contribution in [3.05, 3.63) is 12.8 Å². The minimum atomic E-state index is 0.514. The molecule has 25 heavy (non-hydrogen) atoms. The molecule has 0 rings (SSSR count). The van der Waals surface area contributed by atoms with Gasteiger partial charge >= 0.3 is 0 Å². The lowest BCUT2D eigenvalue weighted by Crippen LogP contribution is -2.14. The van der Waals surface area contributed by atoms with Gasteiger partial charge in [-0.2, -0.15) is 0 Å². The van der Waals surface area contributed by atoms with E-state index in [-0.39, 0.29) is 0 Å². The van der Waals surface area contributed by atoms with Crippen LogP contribution in [0.25, 0.3) is 0 Å². The third kappa shape index (κ3) is 23.3. The van der Waals surface area contributed by atoms with E-state index in [0.717, 1.165) is 0 Å². The largest absolute Gasteiger partial charge is 0.499 e. The van der Waals surface area contributed by atoms with Gasteiger partial charge in [0.2, 0.25) is 0 Å². The van der Waals surface area contributed by atoms with Gasteiger partial charge in [-0.15, -0.1) is 0 Å². The average Bonchev–Trinajstić information content (AvgIpc) is 2.63. The van der Waals surface area contributed by atoms with Crippen molar-refractivity contribution >= 4 is 0 Å². The topological polar surface area (TPSA) is 73.8 Å². The molecule has 0 unspecified atom stereocenters. The summed E-state index contributed by atoms with van der Waals surface area (Å²) in [5.74, 6) is 0. The fraction of sp³-hybridized carbons (Fsp3) is 0.882. The zero-order chi connectivity index (χ0) is 18.3. The molecular formula is C17H34O8. The van der Waals surface area contributed by atoms with Crippen molar-refractivity contribution in [3.63, 3.8) is 0 Å². The summed E-state index contributed by atoms with van der Waals surface area (Å²) in [5, 5.41) is 0. The third-order valence-corrected chi connectivity index (χ3v) is 2.76. The first-order chi connectivity index (χ1) is 12.4. The number of hydrogen-bond acceptors (Lipinski definition) is 8. The monoisotopic (exact) mass is 366 g/mol. The predicted octanol–water partition coefficient (Wildman–Crippen LogP) is 0.893. The summed E-state index contributed by atoms with van der Waals surface area (Å²) in [5.41, 5.74) is 0. The Kier molecular flexibility index (Phi) is 22.6. The zero-order valence-electron chi connectivity index (χ0n) is 15.4. The van der Waals surface area contributed by atoms with Crippen molar-refractivity contribution in [3.8, 4) is 0 Å². The predicted molar refractivity (Wildman–Crippen MR) is 92.9 cm³/mol. The van der Waals surface area contributed by atoms with E-state index >= 15 is 0 Å². The molecule has 0 radical (unpaired) electrons. The first-order valence-electron chi connectivity index (χ1n) is 8.59. The minimum Gasteiger partial charge on any atom is -0.499 e. The van der Waals surface area contributed by atoms with Gasteiger partial charge in [0.15, 0.2) is 0 Å². The molecule has 0 saturated heterocycles. The van der Waals surface area contributed by atoms with Gasteiger partial charge in [0.25, 0.3) is 0 Å². The van der Waals surface area contributed by atoms with Crippen molar-refractivity contribution in [1.82, 2.24) is 0 Å². The van der Waals surface area contributed by atoms with Gasteiger partial charge < -0.3 is 37.9 Å². The molecule has 8 nitrogen and oxygen atoms in total. The van der Waals surface area contributed by atoms with E-state index in [1.807, 2.05) is 0 Å². The van der Waals surface area contributed by atoms with Crippen LogP contribution >= 0.6 is 0 Å². The van der Waals surface area contributed by atoms with Gasteiger partial charge in [0.1, 0.15) is 6.61 Å². The Morgan fingerprint density at radius 1 is 0.480 bits per heavy atom. The molecule has 0 aromatic rings. The highest BCUT2D eigenvalue weighted by Crippen LogP contribution is 1.85. The van der Waals surface area contributed by atoms with Crippen LogP contribution in [0.15, 0.2) is 12.8 Å². The molecule has 0 spiro atoms. The van der Waals surface area contributed by atoms with E-state index in [4.69, 9.17) is 37.9 Å². The van der Waals surface area contributed by atoms with Crippen LogP contribution in [-0.2, 0) is 37.9 Å². The highest BCUT2D eigenvalue weighted by atomic mass is 16.6. The summed E-state index contributed by atoms with van der Waals surface area (Å²) < 4.78 is 41.8. The van der Waals surface area contributed by atoms with Gasteiger partial charge in [0.05, 0.1) is 92.2 Å². The first-order valence-corrected chi connectivity index (χ1v) is 8.59. The molecule has 0 aliphatic carbocycles. The average molecular weight is 366 g/mol. The Balaban J connectivity index is 2.95. The standard InChI is InChI=1S/C17H34O8/c1-3-19-6-7-21-10-11-23-14-15-25-17-16-24-13-12-22-9-8-20-5-4-18-2/h3H,1,4-17H2,2H3. The van der Waals surface area contributed by atoms with Gasteiger partial charge in [0, 0.05) is 7.11 Å². The van der Waals surface area contributed by atoms with Gasteiger partial charge in [-0.05, 0) is 0 Å². The van der Waals surface area contributed by atoms with Crippen LogP contribution in [-0.4, -0.2) is 99.6 Å². The fourth-order valence-corrected chi connectivity index (χ4v) is 1.53. The quantitative estimate of drug-likeness (QED) is 0.207. The second-order valence-corrected chi connectivity index (χ2v) is 4.70.